The molecule has 1 atom stereocenters. The smallest absolute Gasteiger partial charge is 0.302 e. The molecule has 5 heteroatoms. The Labute approximate surface area is 150 Å². The molecule has 0 bridgehead atoms. The highest BCUT2D eigenvalue weighted by molar-refractivity contribution is 5.65. The quantitative estimate of drug-likeness (QED) is 0.751. The van der Waals surface area contributed by atoms with Crippen molar-refractivity contribution in [3.63, 3.8) is 0 Å². The van der Waals surface area contributed by atoms with Crippen molar-refractivity contribution >= 4 is 5.97 Å². The molecule has 0 unspecified atom stereocenters. The lowest BCUT2D eigenvalue weighted by Crippen LogP contribution is -2.58. The van der Waals surface area contributed by atoms with Crippen LogP contribution in [0.3, 0.4) is 0 Å². The van der Waals surface area contributed by atoms with Crippen molar-refractivity contribution in [2.75, 3.05) is 6.61 Å². The van der Waals surface area contributed by atoms with Gasteiger partial charge in [0.2, 0.25) is 0 Å². The molecule has 1 fully saturated rings. The van der Waals surface area contributed by atoms with E-state index in [1.807, 2.05) is 12.1 Å². The van der Waals surface area contributed by atoms with Crippen molar-refractivity contribution in [1.82, 2.24) is 5.06 Å². The molecule has 1 heterocycles. The van der Waals surface area contributed by atoms with Gasteiger partial charge in [0.25, 0.3) is 0 Å². The molecule has 1 aliphatic rings. The third-order valence-corrected chi connectivity index (χ3v) is 4.76. The lowest BCUT2D eigenvalue weighted by atomic mass is 9.82. The number of rotatable bonds is 5. The van der Waals surface area contributed by atoms with E-state index in [0.717, 1.165) is 24.8 Å². The van der Waals surface area contributed by atoms with Gasteiger partial charge in [0.05, 0.1) is 11.6 Å². The molecule has 0 amide bonds. The zero-order valence-electron chi connectivity index (χ0n) is 15.8. The molecule has 25 heavy (non-hydrogen) atoms. The van der Waals surface area contributed by atoms with Gasteiger partial charge in [-0.1, -0.05) is 12.1 Å². The maximum absolute atomic E-state index is 11.3. The number of nitriles is 1. The second-order valence-electron chi connectivity index (χ2n) is 7.90. The van der Waals surface area contributed by atoms with Gasteiger partial charge in [0, 0.05) is 18.0 Å². The molecule has 1 aromatic rings. The molecular weight excluding hydrogens is 316 g/mol. The normalized spacial score (nSPS) is 20.5. The number of hydrogen-bond acceptors (Lipinski definition) is 5. The van der Waals surface area contributed by atoms with Crippen molar-refractivity contribution in [2.45, 2.75) is 71.1 Å². The summed E-state index contributed by atoms with van der Waals surface area (Å²) in [5, 5.41) is 11.0. The Morgan fingerprint density at radius 1 is 1.20 bits per heavy atom. The summed E-state index contributed by atoms with van der Waals surface area (Å²) in [4.78, 5) is 17.7. The maximum Gasteiger partial charge on any atom is 0.302 e. The van der Waals surface area contributed by atoms with E-state index in [9.17, 15) is 4.79 Å². The van der Waals surface area contributed by atoms with Gasteiger partial charge in [-0.3, -0.25) is 9.63 Å². The molecule has 0 aliphatic carbocycles. The van der Waals surface area contributed by atoms with Crippen LogP contribution >= 0.6 is 0 Å². The first-order valence-corrected chi connectivity index (χ1v) is 8.76. The van der Waals surface area contributed by atoms with Crippen LogP contribution in [0.1, 0.15) is 71.1 Å². The zero-order chi connectivity index (χ0) is 18.7. The van der Waals surface area contributed by atoms with Gasteiger partial charge in [-0.25, -0.2) is 0 Å². The predicted octanol–water partition coefficient (Wildman–Crippen LogP) is 4.14. The SMILES string of the molecule is CC(=O)OC[C@H](ON1C(C)(C)CCCC1(C)C)c1ccc(C#N)cc1. The molecule has 0 radical (unpaired) electrons. The Morgan fingerprint density at radius 3 is 2.24 bits per heavy atom. The summed E-state index contributed by atoms with van der Waals surface area (Å²) in [6.07, 6.45) is 2.84. The first-order valence-electron chi connectivity index (χ1n) is 8.76. The van der Waals surface area contributed by atoms with Crippen LogP contribution in [0.2, 0.25) is 0 Å². The second-order valence-corrected chi connectivity index (χ2v) is 7.90. The van der Waals surface area contributed by atoms with Crippen LogP contribution in [0, 0.1) is 11.3 Å². The highest BCUT2D eigenvalue weighted by Gasteiger charge is 2.43. The standard InChI is InChI=1S/C20H28N2O3/c1-15(23)24-14-18(17-9-7-16(13-21)8-10-17)25-22-19(2,3)11-6-12-20(22,4)5/h7-10,18H,6,11-12,14H2,1-5H3/t18-/m0/s1. The molecule has 1 saturated heterocycles. The Kier molecular flexibility index (Phi) is 5.87. The van der Waals surface area contributed by atoms with E-state index in [1.54, 1.807) is 12.1 Å². The first kappa shape index (κ1) is 19.4. The van der Waals surface area contributed by atoms with Crippen LogP contribution in [0.15, 0.2) is 24.3 Å². The fourth-order valence-electron chi connectivity index (χ4n) is 3.54. The second kappa shape index (κ2) is 7.55. The van der Waals surface area contributed by atoms with Crippen LogP contribution < -0.4 is 0 Å². The van der Waals surface area contributed by atoms with Gasteiger partial charge in [0.15, 0.2) is 0 Å². The lowest BCUT2D eigenvalue weighted by Gasteiger charge is -2.52. The molecule has 136 valence electrons. The molecule has 1 aromatic carbocycles. The molecular formula is C20H28N2O3. The van der Waals surface area contributed by atoms with E-state index < -0.39 is 6.10 Å². The summed E-state index contributed by atoms with van der Waals surface area (Å²) < 4.78 is 5.24. The van der Waals surface area contributed by atoms with E-state index >= 15 is 0 Å². The predicted molar refractivity (Wildman–Crippen MR) is 95.5 cm³/mol. The van der Waals surface area contributed by atoms with Gasteiger partial charge in [-0.05, 0) is 64.7 Å². The lowest BCUT2D eigenvalue weighted by molar-refractivity contribution is -0.311. The molecule has 2 rings (SSSR count). The van der Waals surface area contributed by atoms with Gasteiger partial charge in [0.1, 0.15) is 12.7 Å². The third-order valence-electron chi connectivity index (χ3n) is 4.76. The van der Waals surface area contributed by atoms with Gasteiger partial charge in [-0.15, -0.1) is 0 Å². The van der Waals surface area contributed by atoms with Crippen molar-refractivity contribution in [2.24, 2.45) is 0 Å². The third kappa shape index (κ3) is 4.81. The summed E-state index contributed by atoms with van der Waals surface area (Å²) in [5.41, 5.74) is 1.26. The minimum Gasteiger partial charge on any atom is -0.463 e. The Balaban J connectivity index is 2.27. The summed E-state index contributed by atoms with van der Waals surface area (Å²) in [5.74, 6) is -0.334. The number of carbonyl (C=O) groups excluding carboxylic acids is 1. The molecule has 0 N–H and O–H groups in total. The van der Waals surface area contributed by atoms with Crippen LogP contribution in [0.25, 0.3) is 0 Å². The summed E-state index contributed by atoms with van der Waals surface area (Å²) in [7, 11) is 0. The zero-order valence-corrected chi connectivity index (χ0v) is 15.8. The van der Waals surface area contributed by atoms with Gasteiger partial charge >= 0.3 is 5.97 Å². The van der Waals surface area contributed by atoms with Crippen molar-refractivity contribution in [3.8, 4) is 6.07 Å². The number of ether oxygens (including phenoxy) is 1. The van der Waals surface area contributed by atoms with Crippen LogP contribution in [0.5, 0.6) is 0 Å². The van der Waals surface area contributed by atoms with E-state index in [1.165, 1.54) is 6.92 Å². The Bertz CT molecular complexity index is 628. The summed E-state index contributed by atoms with van der Waals surface area (Å²) >= 11 is 0. The molecule has 0 spiro atoms. The highest BCUT2D eigenvalue weighted by Crippen LogP contribution is 2.40. The van der Waals surface area contributed by atoms with Crippen LogP contribution in [-0.4, -0.2) is 28.7 Å². The van der Waals surface area contributed by atoms with Gasteiger partial charge < -0.3 is 4.74 Å². The van der Waals surface area contributed by atoms with Gasteiger partial charge in [-0.2, -0.15) is 10.3 Å². The largest absolute Gasteiger partial charge is 0.463 e. The molecule has 1 aliphatic heterocycles. The minimum absolute atomic E-state index is 0.108. The number of piperidine rings is 1. The number of carbonyl (C=O) groups is 1. The average molecular weight is 344 g/mol. The number of nitrogens with zero attached hydrogens (tertiary/aromatic N) is 2. The Hall–Kier alpha value is -1.90. The first-order chi connectivity index (χ1) is 11.7. The van der Waals surface area contributed by atoms with Crippen molar-refractivity contribution in [3.05, 3.63) is 35.4 Å². The minimum atomic E-state index is -0.409. The number of esters is 1. The van der Waals surface area contributed by atoms with Crippen molar-refractivity contribution < 1.29 is 14.4 Å². The molecule has 5 nitrogen and oxygen atoms in total. The monoisotopic (exact) mass is 344 g/mol. The van der Waals surface area contributed by atoms with E-state index in [4.69, 9.17) is 14.8 Å². The molecule has 0 aromatic heterocycles. The molecule has 0 saturated carbocycles. The van der Waals surface area contributed by atoms with Crippen molar-refractivity contribution in [1.29, 1.82) is 5.26 Å². The Morgan fingerprint density at radius 2 is 1.76 bits per heavy atom. The fourth-order valence-corrected chi connectivity index (χ4v) is 3.54. The number of hydrogen-bond donors (Lipinski definition) is 0. The topological polar surface area (TPSA) is 62.6 Å². The van der Waals surface area contributed by atoms with Crippen LogP contribution in [0.4, 0.5) is 0 Å². The maximum atomic E-state index is 11.3. The van der Waals surface area contributed by atoms with E-state index in [-0.39, 0.29) is 23.7 Å². The number of hydroxylamine groups is 2. The fraction of sp³-hybridized carbons (Fsp3) is 0.600. The summed E-state index contributed by atoms with van der Waals surface area (Å²) in [6, 6.07) is 9.34. The van der Waals surface area contributed by atoms with E-state index in [2.05, 4.69) is 38.8 Å². The highest BCUT2D eigenvalue weighted by atomic mass is 16.7. The average Bonchev–Trinajstić information content (AvgIpc) is 2.53. The van der Waals surface area contributed by atoms with Crippen LogP contribution in [-0.2, 0) is 14.4 Å². The summed E-state index contributed by atoms with van der Waals surface area (Å²) in [6.45, 7) is 10.2. The van der Waals surface area contributed by atoms with E-state index in [0.29, 0.717) is 5.56 Å². The number of benzene rings is 1.